The molecule has 0 aromatic heterocycles. The van der Waals surface area contributed by atoms with Gasteiger partial charge in [-0.25, -0.2) is 13.1 Å². The fraction of sp³-hybridized carbons (Fsp3) is 0.211. The first kappa shape index (κ1) is 32.2. The summed E-state index contributed by atoms with van der Waals surface area (Å²) in [5, 5.41) is 9.54. The number of thioether (sulfide) groups is 1. The summed E-state index contributed by atoms with van der Waals surface area (Å²) in [5.41, 5.74) is 5.71. The first-order valence-corrected chi connectivity index (χ1v) is 17.8. The fourth-order valence-electron chi connectivity index (χ4n) is 5.56. The number of hydrogen-bond donors (Lipinski definition) is 2. The zero-order valence-corrected chi connectivity index (χ0v) is 27.2. The molecule has 1 saturated heterocycles. The molecule has 0 bridgehead atoms. The number of aliphatic hydroxyl groups is 1. The number of sulfonamides is 1. The zero-order valence-electron chi connectivity index (χ0n) is 25.5. The van der Waals surface area contributed by atoms with Crippen molar-refractivity contribution < 1.29 is 23.0 Å². The minimum atomic E-state index is -3.60. The summed E-state index contributed by atoms with van der Waals surface area (Å²) in [4.78, 5) is 1.44. The molecule has 0 radical (unpaired) electrons. The molecule has 46 heavy (non-hydrogen) atoms. The number of ether oxygens (including phenoxy) is 2. The molecule has 5 aromatic rings. The van der Waals surface area contributed by atoms with E-state index < -0.39 is 16.3 Å². The minimum Gasteiger partial charge on any atom is -0.392 e. The van der Waals surface area contributed by atoms with Gasteiger partial charge in [0.2, 0.25) is 10.0 Å². The third-order valence-electron chi connectivity index (χ3n) is 8.24. The van der Waals surface area contributed by atoms with Crippen molar-refractivity contribution in [1.29, 1.82) is 0 Å². The minimum absolute atomic E-state index is 0.00197. The van der Waals surface area contributed by atoms with Crippen LogP contribution in [0.15, 0.2) is 143 Å². The second kappa shape index (κ2) is 14.8. The van der Waals surface area contributed by atoms with Crippen LogP contribution in [0.1, 0.15) is 41.6 Å². The Morgan fingerprint density at radius 2 is 1.39 bits per heavy atom. The number of nitrogens with one attached hydrogen (secondary N) is 1. The highest BCUT2D eigenvalue weighted by molar-refractivity contribution is 7.99. The average Bonchev–Trinajstić information content (AvgIpc) is 3.11. The van der Waals surface area contributed by atoms with Crippen molar-refractivity contribution in [1.82, 2.24) is 4.72 Å². The average molecular weight is 652 g/mol. The quantitative estimate of drug-likeness (QED) is 0.141. The molecule has 0 saturated carbocycles. The molecule has 0 amide bonds. The van der Waals surface area contributed by atoms with Gasteiger partial charge in [-0.1, -0.05) is 110 Å². The summed E-state index contributed by atoms with van der Waals surface area (Å²) in [5.74, 6) is 0.892. The molecule has 6 rings (SSSR count). The molecule has 5 aromatic carbocycles. The molecule has 0 spiro atoms. The predicted molar refractivity (Wildman–Crippen MR) is 182 cm³/mol. The molecular formula is C38H37NO5S2. The van der Waals surface area contributed by atoms with E-state index in [4.69, 9.17) is 9.47 Å². The lowest BCUT2D eigenvalue weighted by atomic mass is 9.91. The highest BCUT2D eigenvalue weighted by Crippen LogP contribution is 2.43. The SMILES string of the molecule is CC1C(CSc2ccccc2)OC(c2ccc(-c3cccc(CNS(=O)(=O)c4ccccc4)c3)cc2)OC1c1ccc(CO)cc1. The molecule has 4 atom stereocenters. The largest absolute Gasteiger partial charge is 0.392 e. The van der Waals surface area contributed by atoms with Gasteiger partial charge >= 0.3 is 0 Å². The second-order valence-corrected chi connectivity index (χ2v) is 14.3. The molecule has 4 unspecified atom stereocenters. The number of hydrogen-bond acceptors (Lipinski definition) is 6. The highest BCUT2D eigenvalue weighted by Gasteiger charge is 2.38. The lowest BCUT2D eigenvalue weighted by Gasteiger charge is -2.41. The van der Waals surface area contributed by atoms with Crippen molar-refractivity contribution in [2.24, 2.45) is 5.92 Å². The monoisotopic (exact) mass is 651 g/mol. The maximum absolute atomic E-state index is 12.7. The van der Waals surface area contributed by atoms with Crippen LogP contribution in [0.3, 0.4) is 0 Å². The number of benzene rings is 5. The Labute approximate surface area is 275 Å². The van der Waals surface area contributed by atoms with E-state index in [1.807, 2.05) is 91.0 Å². The lowest BCUT2D eigenvalue weighted by molar-refractivity contribution is -0.268. The third-order valence-corrected chi connectivity index (χ3v) is 10.8. The number of aliphatic hydroxyl groups excluding tert-OH is 1. The Morgan fingerprint density at radius 1 is 0.717 bits per heavy atom. The van der Waals surface area contributed by atoms with E-state index in [0.29, 0.717) is 0 Å². The Hall–Kier alpha value is -3.76. The molecular weight excluding hydrogens is 615 g/mol. The summed E-state index contributed by atoms with van der Waals surface area (Å²) in [6.45, 7) is 2.36. The molecule has 6 nitrogen and oxygen atoms in total. The maximum Gasteiger partial charge on any atom is 0.240 e. The molecule has 2 N–H and O–H groups in total. The van der Waals surface area contributed by atoms with Crippen LogP contribution in [0.5, 0.6) is 0 Å². The van der Waals surface area contributed by atoms with Crippen molar-refractivity contribution in [3.05, 3.63) is 156 Å². The van der Waals surface area contributed by atoms with Crippen molar-refractivity contribution in [3.8, 4) is 11.1 Å². The normalized spacial score (nSPS) is 20.0. The van der Waals surface area contributed by atoms with Gasteiger partial charge in [0.25, 0.3) is 0 Å². The first-order valence-electron chi connectivity index (χ1n) is 15.3. The van der Waals surface area contributed by atoms with Crippen LogP contribution in [0, 0.1) is 5.92 Å². The highest BCUT2D eigenvalue weighted by atomic mass is 32.2. The predicted octanol–water partition coefficient (Wildman–Crippen LogP) is 7.91. The van der Waals surface area contributed by atoms with E-state index in [9.17, 15) is 13.5 Å². The van der Waals surface area contributed by atoms with E-state index in [-0.39, 0.29) is 36.2 Å². The standard InChI is InChI=1S/C38H37NO5S2/c1-27-36(26-45-34-11-4-2-5-12-34)43-38(44-37(27)31-17-15-28(25-40)16-18-31)32-21-19-30(20-22-32)33-10-8-9-29(23-33)24-39-46(41,42)35-13-6-3-7-14-35/h2-23,27,36-40H,24-26H2,1H3. The van der Waals surface area contributed by atoms with Crippen molar-refractivity contribution >= 4 is 21.8 Å². The summed E-state index contributed by atoms with van der Waals surface area (Å²) in [7, 11) is -3.60. The molecule has 1 fully saturated rings. The van der Waals surface area contributed by atoms with Gasteiger partial charge in [-0.15, -0.1) is 11.8 Å². The Balaban J connectivity index is 1.19. The summed E-state index contributed by atoms with van der Waals surface area (Å²) >= 11 is 1.78. The molecule has 236 valence electrons. The van der Waals surface area contributed by atoms with Gasteiger partial charge < -0.3 is 14.6 Å². The van der Waals surface area contributed by atoms with Crippen LogP contribution in [-0.2, 0) is 32.6 Å². The summed E-state index contributed by atoms with van der Waals surface area (Å²) < 4.78 is 41.4. The maximum atomic E-state index is 12.7. The van der Waals surface area contributed by atoms with Gasteiger partial charge in [0, 0.05) is 28.7 Å². The third kappa shape index (κ3) is 7.78. The van der Waals surface area contributed by atoms with Gasteiger partial charge in [-0.05, 0) is 58.1 Å². The van der Waals surface area contributed by atoms with Gasteiger partial charge in [-0.2, -0.15) is 0 Å². The van der Waals surface area contributed by atoms with Crippen LogP contribution in [0.4, 0.5) is 0 Å². The Kier molecular flexibility index (Phi) is 10.3. The van der Waals surface area contributed by atoms with Crippen molar-refractivity contribution in [2.75, 3.05) is 5.75 Å². The molecule has 8 heteroatoms. The zero-order chi connectivity index (χ0) is 31.9. The van der Waals surface area contributed by atoms with E-state index in [1.165, 1.54) is 4.90 Å². The molecule has 1 heterocycles. The Morgan fingerprint density at radius 3 is 2.09 bits per heavy atom. The first-order chi connectivity index (χ1) is 22.4. The topological polar surface area (TPSA) is 84.9 Å². The molecule has 0 aliphatic carbocycles. The molecule has 1 aliphatic heterocycles. The van der Waals surface area contributed by atoms with Crippen LogP contribution >= 0.6 is 11.8 Å². The lowest BCUT2D eigenvalue weighted by Crippen LogP contribution is -2.38. The van der Waals surface area contributed by atoms with Crippen LogP contribution in [0.25, 0.3) is 11.1 Å². The van der Waals surface area contributed by atoms with E-state index >= 15 is 0 Å². The summed E-state index contributed by atoms with van der Waals surface area (Å²) in [6.07, 6.45) is -0.778. The van der Waals surface area contributed by atoms with E-state index in [2.05, 4.69) is 23.8 Å². The van der Waals surface area contributed by atoms with Gasteiger partial charge in [0.05, 0.1) is 23.7 Å². The fourth-order valence-corrected chi connectivity index (χ4v) is 7.69. The Bertz CT molecular complexity index is 1820. The van der Waals surface area contributed by atoms with E-state index in [0.717, 1.165) is 39.1 Å². The van der Waals surface area contributed by atoms with Gasteiger partial charge in [0.1, 0.15) is 0 Å². The van der Waals surface area contributed by atoms with Crippen LogP contribution in [-0.4, -0.2) is 25.4 Å². The number of rotatable bonds is 11. The van der Waals surface area contributed by atoms with Crippen LogP contribution < -0.4 is 4.72 Å². The van der Waals surface area contributed by atoms with Crippen molar-refractivity contribution in [2.45, 2.75) is 48.4 Å². The molecule has 1 aliphatic rings. The van der Waals surface area contributed by atoms with Gasteiger partial charge in [-0.3, -0.25) is 0 Å². The smallest absolute Gasteiger partial charge is 0.240 e. The van der Waals surface area contributed by atoms with Crippen molar-refractivity contribution in [3.63, 3.8) is 0 Å². The summed E-state index contributed by atoms with van der Waals surface area (Å²) in [6, 6.07) is 42.7. The van der Waals surface area contributed by atoms with Crippen LogP contribution in [0.2, 0.25) is 0 Å². The van der Waals surface area contributed by atoms with Gasteiger partial charge in [0.15, 0.2) is 6.29 Å². The van der Waals surface area contributed by atoms with E-state index in [1.54, 1.807) is 42.1 Å². The second-order valence-electron chi connectivity index (χ2n) is 11.4.